The van der Waals surface area contributed by atoms with E-state index in [1.807, 2.05) is 11.8 Å². The standard InChI is InChI=1S/C16H24N2O2/c1-3-9-18(14-5-4-8-17-11-14)16(20)13-6-7-15(19)12(2)10-13/h6-7,10,14,17,19H,3-5,8-9,11H2,1-2H3. The van der Waals surface area contributed by atoms with Gasteiger partial charge in [-0.3, -0.25) is 4.79 Å². The smallest absolute Gasteiger partial charge is 0.254 e. The maximum atomic E-state index is 12.7. The Kier molecular flexibility index (Phi) is 5.01. The Morgan fingerprint density at radius 1 is 1.50 bits per heavy atom. The summed E-state index contributed by atoms with van der Waals surface area (Å²) in [4.78, 5) is 14.7. The number of aryl methyl sites for hydroxylation is 1. The highest BCUT2D eigenvalue weighted by atomic mass is 16.3. The van der Waals surface area contributed by atoms with Crippen molar-refractivity contribution in [3.63, 3.8) is 0 Å². The first-order chi connectivity index (χ1) is 9.63. The van der Waals surface area contributed by atoms with Crippen molar-refractivity contribution in [3.05, 3.63) is 29.3 Å². The molecule has 1 atom stereocenters. The van der Waals surface area contributed by atoms with Crippen molar-refractivity contribution < 1.29 is 9.90 Å². The van der Waals surface area contributed by atoms with Crippen molar-refractivity contribution in [2.24, 2.45) is 0 Å². The van der Waals surface area contributed by atoms with Crippen molar-refractivity contribution >= 4 is 5.91 Å². The molecule has 1 amide bonds. The fourth-order valence-corrected chi connectivity index (χ4v) is 2.74. The monoisotopic (exact) mass is 276 g/mol. The Morgan fingerprint density at radius 2 is 2.30 bits per heavy atom. The highest BCUT2D eigenvalue weighted by Gasteiger charge is 2.25. The van der Waals surface area contributed by atoms with E-state index in [0.717, 1.165) is 44.5 Å². The fraction of sp³-hybridized carbons (Fsp3) is 0.562. The molecular formula is C16H24N2O2. The van der Waals surface area contributed by atoms with E-state index >= 15 is 0 Å². The molecule has 2 N–H and O–H groups in total. The van der Waals surface area contributed by atoms with Crippen LogP contribution in [0.2, 0.25) is 0 Å². The molecule has 1 fully saturated rings. The van der Waals surface area contributed by atoms with Gasteiger partial charge in [0.1, 0.15) is 5.75 Å². The minimum absolute atomic E-state index is 0.0728. The summed E-state index contributed by atoms with van der Waals surface area (Å²) in [6.07, 6.45) is 3.14. The van der Waals surface area contributed by atoms with Crippen molar-refractivity contribution in [1.29, 1.82) is 0 Å². The largest absolute Gasteiger partial charge is 0.508 e. The van der Waals surface area contributed by atoms with Gasteiger partial charge in [-0.25, -0.2) is 0 Å². The molecule has 1 aromatic rings. The van der Waals surface area contributed by atoms with Gasteiger partial charge in [0.15, 0.2) is 0 Å². The molecule has 1 unspecified atom stereocenters. The SMILES string of the molecule is CCCN(C(=O)c1ccc(O)c(C)c1)C1CCCNC1. The molecule has 0 saturated carbocycles. The zero-order valence-electron chi connectivity index (χ0n) is 12.4. The lowest BCUT2D eigenvalue weighted by atomic mass is 10.0. The normalized spacial score (nSPS) is 18.8. The minimum atomic E-state index is 0.0728. The lowest BCUT2D eigenvalue weighted by Crippen LogP contribution is -2.49. The molecule has 1 aliphatic heterocycles. The summed E-state index contributed by atoms with van der Waals surface area (Å²) in [7, 11) is 0. The summed E-state index contributed by atoms with van der Waals surface area (Å²) in [6.45, 7) is 6.62. The van der Waals surface area contributed by atoms with Gasteiger partial charge in [0.25, 0.3) is 5.91 Å². The first-order valence-corrected chi connectivity index (χ1v) is 7.44. The van der Waals surface area contributed by atoms with Gasteiger partial charge in [0.05, 0.1) is 0 Å². The quantitative estimate of drug-likeness (QED) is 0.887. The predicted octanol–water partition coefficient (Wildman–Crippen LogP) is 2.30. The number of carbonyl (C=O) groups excluding carboxylic acids is 1. The maximum Gasteiger partial charge on any atom is 0.254 e. The number of nitrogens with zero attached hydrogens (tertiary/aromatic N) is 1. The number of phenols is 1. The van der Waals surface area contributed by atoms with Gasteiger partial charge < -0.3 is 15.3 Å². The van der Waals surface area contributed by atoms with Crippen LogP contribution in [-0.4, -0.2) is 41.6 Å². The molecule has 1 heterocycles. The van der Waals surface area contributed by atoms with Crippen molar-refractivity contribution in [2.75, 3.05) is 19.6 Å². The number of benzene rings is 1. The number of piperidine rings is 1. The van der Waals surface area contributed by atoms with Crippen LogP contribution in [0.1, 0.15) is 42.1 Å². The highest BCUT2D eigenvalue weighted by Crippen LogP contribution is 2.20. The molecule has 0 radical (unpaired) electrons. The van der Waals surface area contributed by atoms with Crippen molar-refractivity contribution in [1.82, 2.24) is 10.2 Å². The molecule has 0 aliphatic carbocycles. The Balaban J connectivity index is 2.18. The third-order valence-electron chi connectivity index (χ3n) is 3.88. The fourth-order valence-electron chi connectivity index (χ4n) is 2.74. The Hall–Kier alpha value is -1.55. The Labute approximate surface area is 120 Å². The Morgan fingerprint density at radius 3 is 2.90 bits per heavy atom. The molecule has 0 bridgehead atoms. The van der Waals surface area contributed by atoms with E-state index in [9.17, 15) is 9.90 Å². The maximum absolute atomic E-state index is 12.7. The van der Waals surface area contributed by atoms with E-state index in [0.29, 0.717) is 5.56 Å². The number of rotatable bonds is 4. The molecule has 4 nitrogen and oxygen atoms in total. The van der Waals surface area contributed by atoms with E-state index in [1.165, 1.54) is 0 Å². The van der Waals surface area contributed by atoms with Crippen molar-refractivity contribution in [2.45, 2.75) is 39.2 Å². The van der Waals surface area contributed by atoms with Crippen LogP contribution >= 0.6 is 0 Å². The summed E-state index contributed by atoms with van der Waals surface area (Å²) >= 11 is 0. The molecular weight excluding hydrogens is 252 g/mol. The average molecular weight is 276 g/mol. The van der Waals surface area contributed by atoms with Gasteiger partial charge in [-0.15, -0.1) is 0 Å². The van der Waals surface area contributed by atoms with Crippen LogP contribution in [0.4, 0.5) is 0 Å². The van der Waals surface area contributed by atoms with Gasteiger partial charge >= 0.3 is 0 Å². The van der Waals surface area contributed by atoms with Gasteiger partial charge in [-0.2, -0.15) is 0 Å². The molecule has 1 saturated heterocycles. The first kappa shape index (κ1) is 14.9. The van der Waals surface area contributed by atoms with Crippen LogP contribution in [0, 0.1) is 6.92 Å². The summed E-state index contributed by atoms with van der Waals surface area (Å²) in [5.74, 6) is 0.312. The number of hydrogen-bond acceptors (Lipinski definition) is 3. The van der Waals surface area contributed by atoms with Crippen LogP contribution in [0.5, 0.6) is 5.75 Å². The van der Waals surface area contributed by atoms with Gasteiger partial charge in [0.2, 0.25) is 0 Å². The Bertz CT molecular complexity index is 468. The molecule has 110 valence electrons. The number of hydrogen-bond donors (Lipinski definition) is 2. The second kappa shape index (κ2) is 6.75. The van der Waals surface area contributed by atoms with E-state index in [2.05, 4.69) is 12.2 Å². The first-order valence-electron chi connectivity index (χ1n) is 7.44. The van der Waals surface area contributed by atoms with Crippen LogP contribution in [0.15, 0.2) is 18.2 Å². The topological polar surface area (TPSA) is 52.6 Å². The summed E-state index contributed by atoms with van der Waals surface area (Å²) in [5.41, 5.74) is 1.41. The van der Waals surface area contributed by atoms with Crippen LogP contribution in [0.3, 0.4) is 0 Å². The lowest BCUT2D eigenvalue weighted by Gasteiger charge is -2.34. The zero-order valence-corrected chi connectivity index (χ0v) is 12.4. The molecule has 1 aromatic carbocycles. The molecule has 0 spiro atoms. The van der Waals surface area contributed by atoms with Crippen LogP contribution < -0.4 is 5.32 Å². The summed E-state index contributed by atoms with van der Waals surface area (Å²) in [6, 6.07) is 5.37. The van der Waals surface area contributed by atoms with Crippen molar-refractivity contribution in [3.8, 4) is 5.75 Å². The molecule has 1 aliphatic rings. The number of carbonyl (C=O) groups is 1. The van der Waals surface area contributed by atoms with Crippen LogP contribution in [-0.2, 0) is 0 Å². The highest BCUT2D eigenvalue weighted by molar-refractivity contribution is 5.94. The van der Waals surface area contributed by atoms with Crippen LogP contribution in [0.25, 0.3) is 0 Å². The average Bonchev–Trinajstić information content (AvgIpc) is 2.48. The number of nitrogens with one attached hydrogen (secondary N) is 1. The third-order valence-corrected chi connectivity index (χ3v) is 3.88. The number of phenolic OH excluding ortho intramolecular Hbond substituents is 1. The van der Waals surface area contributed by atoms with E-state index in [1.54, 1.807) is 18.2 Å². The predicted molar refractivity (Wildman–Crippen MR) is 80.1 cm³/mol. The number of amides is 1. The van der Waals surface area contributed by atoms with E-state index in [-0.39, 0.29) is 17.7 Å². The minimum Gasteiger partial charge on any atom is -0.508 e. The van der Waals surface area contributed by atoms with Gasteiger partial charge in [-0.05, 0) is 56.5 Å². The molecule has 4 heteroatoms. The van der Waals surface area contributed by atoms with E-state index in [4.69, 9.17) is 0 Å². The van der Waals surface area contributed by atoms with Gasteiger partial charge in [0, 0.05) is 24.7 Å². The lowest BCUT2D eigenvalue weighted by molar-refractivity contribution is 0.0649. The zero-order chi connectivity index (χ0) is 14.5. The third kappa shape index (κ3) is 3.31. The summed E-state index contributed by atoms with van der Waals surface area (Å²) < 4.78 is 0. The van der Waals surface area contributed by atoms with E-state index < -0.39 is 0 Å². The molecule has 20 heavy (non-hydrogen) atoms. The van der Waals surface area contributed by atoms with Gasteiger partial charge in [-0.1, -0.05) is 6.92 Å². The molecule has 2 rings (SSSR count). The second-order valence-corrected chi connectivity index (χ2v) is 5.50. The molecule has 0 aromatic heterocycles. The number of aromatic hydroxyl groups is 1. The summed E-state index contributed by atoms with van der Waals surface area (Å²) in [5, 5.41) is 12.9. The second-order valence-electron chi connectivity index (χ2n) is 5.50.